The zero-order valence-corrected chi connectivity index (χ0v) is 11.9. The molecule has 20 heavy (non-hydrogen) atoms. The van der Waals surface area contributed by atoms with Crippen molar-refractivity contribution in [3.63, 3.8) is 0 Å². The normalized spacial score (nSPS) is 20.9. The number of carboxylic acids is 1. The van der Waals surface area contributed by atoms with Crippen LogP contribution in [0.3, 0.4) is 0 Å². The smallest absolute Gasteiger partial charge is 0.315 e. The lowest BCUT2D eigenvalue weighted by atomic mass is 10.0. The van der Waals surface area contributed by atoms with Crippen molar-refractivity contribution in [1.29, 1.82) is 0 Å². The summed E-state index contributed by atoms with van der Waals surface area (Å²) >= 11 is 0. The fourth-order valence-corrected chi connectivity index (χ4v) is 2.08. The Kier molecular flexibility index (Phi) is 6.27. The summed E-state index contributed by atoms with van der Waals surface area (Å²) in [4.78, 5) is 33.3. The van der Waals surface area contributed by atoms with E-state index >= 15 is 0 Å². The second kappa shape index (κ2) is 7.72. The lowest BCUT2D eigenvalue weighted by Crippen LogP contribution is -2.46. The molecule has 0 aromatic heterocycles. The number of nitrogens with one attached hydrogen (secondary N) is 3. The van der Waals surface area contributed by atoms with E-state index in [0.29, 0.717) is 19.4 Å². The zero-order chi connectivity index (χ0) is 15.1. The summed E-state index contributed by atoms with van der Waals surface area (Å²) in [6.45, 7) is 4.02. The van der Waals surface area contributed by atoms with E-state index in [9.17, 15) is 14.4 Å². The lowest BCUT2D eigenvalue weighted by molar-refractivity contribution is -0.141. The number of aliphatic carboxylic acids is 1. The van der Waals surface area contributed by atoms with Crippen LogP contribution in [0.2, 0.25) is 0 Å². The largest absolute Gasteiger partial charge is 0.481 e. The number of carbonyl (C=O) groups is 3. The first-order valence-corrected chi connectivity index (χ1v) is 6.95. The van der Waals surface area contributed by atoms with E-state index in [1.165, 1.54) is 0 Å². The maximum absolute atomic E-state index is 11.7. The molecule has 0 saturated carbocycles. The van der Waals surface area contributed by atoms with Crippen LogP contribution in [0.25, 0.3) is 0 Å². The van der Waals surface area contributed by atoms with Crippen LogP contribution in [0.1, 0.15) is 39.5 Å². The molecule has 4 N–H and O–H groups in total. The van der Waals surface area contributed by atoms with Gasteiger partial charge in [-0.1, -0.05) is 13.3 Å². The van der Waals surface area contributed by atoms with Crippen LogP contribution in [0.15, 0.2) is 0 Å². The molecular weight excluding hydrogens is 262 g/mol. The molecule has 1 aliphatic heterocycles. The molecule has 7 heteroatoms. The van der Waals surface area contributed by atoms with Crippen LogP contribution in [-0.4, -0.2) is 41.6 Å². The molecule has 0 bridgehead atoms. The molecule has 3 atom stereocenters. The Morgan fingerprint density at radius 1 is 1.40 bits per heavy atom. The van der Waals surface area contributed by atoms with Gasteiger partial charge in [-0.15, -0.1) is 0 Å². The van der Waals surface area contributed by atoms with E-state index in [0.717, 1.165) is 12.8 Å². The van der Waals surface area contributed by atoms with Crippen molar-refractivity contribution in [3.05, 3.63) is 0 Å². The van der Waals surface area contributed by atoms with Crippen molar-refractivity contribution in [2.45, 2.75) is 51.6 Å². The van der Waals surface area contributed by atoms with E-state index < -0.39 is 5.97 Å². The number of carboxylic acid groups (broad SMARTS) is 1. The van der Waals surface area contributed by atoms with Crippen LogP contribution in [0.5, 0.6) is 0 Å². The fraction of sp³-hybridized carbons (Fsp3) is 0.769. The van der Waals surface area contributed by atoms with Gasteiger partial charge < -0.3 is 21.1 Å². The molecule has 1 fully saturated rings. The predicted molar refractivity (Wildman–Crippen MR) is 73.2 cm³/mol. The topological polar surface area (TPSA) is 108 Å². The molecule has 0 aromatic carbocycles. The van der Waals surface area contributed by atoms with E-state index in [-0.39, 0.29) is 29.9 Å². The molecule has 3 unspecified atom stereocenters. The highest BCUT2D eigenvalue weighted by Crippen LogP contribution is 2.09. The molecule has 0 radical (unpaired) electrons. The average Bonchev–Trinajstić information content (AvgIpc) is 2.73. The minimum absolute atomic E-state index is 0.0268. The first kappa shape index (κ1) is 16.3. The summed E-state index contributed by atoms with van der Waals surface area (Å²) in [6.07, 6.45) is 2.40. The Balaban J connectivity index is 2.14. The number of amides is 3. The Morgan fingerprint density at radius 2 is 2.10 bits per heavy atom. The molecule has 1 aliphatic rings. The molecule has 0 spiro atoms. The molecular formula is C13H23N3O4. The van der Waals surface area contributed by atoms with E-state index in [4.69, 9.17) is 5.11 Å². The Bertz CT molecular complexity index is 373. The van der Waals surface area contributed by atoms with E-state index in [2.05, 4.69) is 16.0 Å². The van der Waals surface area contributed by atoms with Gasteiger partial charge >= 0.3 is 12.0 Å². The van der Waals surface area contributed by atoms with Crippen molar-refractivity contribution in [2.75, 3.05) is 6.54 Å². The van der Waals surface area contributed by atoms with Crippen LogP contribution in [0.4, 0.5) is 4.79 Å². The van der Waals surface area contributed by atoms with Gasteiger partial charge in [0, 0.05) is 19.0 Å². The highest BCUT2D eigenvalue weighted by atomic mass is 16.4. The highest BCUT2D eigenvalue weighted by molar-refractivity contribution is 5.81. The van der Waals surface area contributed by atoms with Crippen LogP contribution < -0.4 is 16.0 Å². The highest BCUT2D eigenvalue weighted by Gasteiger charge is 2.23. The maximum Gasteiger partial charge on any atom is 0.315 e. The van der Waals surface area contributed by atoms with Gasteiger partial charge in [0.25, 0.3) is 0 Å². The number of hydrogen-bond donors (Lipinski definition) is 4. The SMILES string of the molecule is CC(CCCC(C)C(=O)O)NC(=O)NC1CNC(=O)C1. The molecule has 1 saturated heterocycles. The first-order chi connectivity index (χ1) is 9.38. The van der Waals surface area contributed by atoms with Crippen LogP contribution in [-0.2, 0) is 9.59 Å². The molecule has 7 nitrogen and oxygen atoms in total. The first-order valence-electron chi connectivity index (χ1n) is 6.95. The van der Waals surface area contributed by atoms with E-state index in [1.807, 2.05) is 6.92 Å². The average molecular weight is 285 g/mol. The van der Waals surface area contributed by atoms with Gasteiger partial charge in [0.15, 0.2) is 0 Å². The second-order valence-corrected chi connectivity index (χ2v) is 5.39. The number of urea groups is 1. The maximum atomic E-state index is 11.7. The van der Waals surface area contributed by atoms with Crippen molar-refractivity contribution >= 4 is 17.9 Å². The molecule has 114 valence electrons. The molecule has 1 rings (SSSR count). The van der Waals surface area contributed by atoms with Gasteiger partial charge in [0.1, 0.15) is 0 Å². The summed E-state index contributed by atoms with van der Waals surface area (Å²) in [7, 11) is 0. The Morgan fingerprint density at radius 3 is 2.65 bits per heavy atom. The van der Waals surface area contributed by atoms with E-state index in [1.54, 1.807) is 6.92 Å². The van der Waals surface area contributed by atoms with Gasteiger partial charge in [0.05, 0.1) is 12.0 Å². The summed E-state index contributed by atoms with van der Waals surface area (Å²) in [5, 5.41) is 16.9. The lowest BCUT2D eigenvalue weighted by Gasteiger charge is -2.17. The van der Waals surface area contributed by atoms with Crippen LogP contribution in [0, 0.1) is 5.92 Å². The molecule has 0 aromatic rings. The minimum Gasteiger partial charge on any atom is -0.481 e. The van der Waals surface area contributed by atoms with Crippen molar-refractivity contribution in [3.8, 4) is 0 Å². The molecule has 0 aliphatic carbocycles. The number of carbonyl (C=O) groups excluding carboxylic acids is 2. The van der Waals surface area contributed by atoms with Crippen molar-refractivity contribution in [1.82, 2.24) is 16.0 Å². The van der Waals surface area contributed by atoms with Gasteiger partial charge in [-0.3, -0.25) is 9.59 Å². The fourth-order valence-electron chi connectivity index (χ4n) is 2.08. The predicted octanol–water partition coefficient (Wildman–Crippen LogP) is 0.454. The summed E-state index contributed by atoms with van der Waals surface area (Å²) in [5.74, 6) is -1.20. The van der Waals surface area contributed by atoms with Gasteiger partial charge in [0.2, 0.25) is 5.91 Å². The Hall–Kier alpha value is -1.79. The standard InChI is InChI=1S/C13H23N3O4/c1-8(12(18)19)4-3-5-9(2)15-13(20)16-10-6-11(17)14-7-10/h8-10H,3-7H2,1-2H3,(H,14,17)(H,18,19)(H2,15,16,20). The third-order valence-corrected chi connectivity index (χ3v) is 3.39. The third-order valence-electron chi connectivity index (χ3n) is 3.39. The summed E-state index contributed by atoms with van der Waals surface area (Å²) in [6, 6.07) is -0.465. The van der Waals surface area contributed by atoms with Gasteiger partial charge in [-0.2, -0.15) is 0 Å². The zero-order valence-electron chi connectivity index (χ0n) is 11.9. The van der Waals surface area contributed by atoms with Crippen molar-refractivity contribution in [2.24, 2.45) is 5.92 Å². The monoisotopic (exact) mass is 285 g/mol. The van der Waals surface area contributed by atoms with Gasteiger partial charge in [-0.05, 0) is 19.8 Å². The number of hydrogen-bond acceptors (Lipinski definition) is 3. The van der Waals surface area contributed by atoms with Gasteiger partial charge in [-0.25, -0.2) is 4.79 Å². The minimum atomic E-state index is -0.790. The summed E-state index contributed by atoms with van der Waals surface area (Å²) in [5.41, 5.74) is 0. The second-order valence-electron chi connectivity index (χ2n) is 5.39. The quantitative estimate of drug-likeness (QED) is 0.545. The molecule has 3 amide bonds. The van der Waals surface area contributed by atoms with Crippen molar-refractivity contribution < 1.29 is 19.5 Å². The molecule has 1 heterocycles. The van der Waals surface area contributed by atoms with Crippen LogP contribution >= 0.6 is 0 Å². The Labute approximate surface area is 118 Å². The number of rotatable bonds is 7. The third kappa shape index (κ3) is 5.90. The summed E-state index contributed by atoms with van der Waals surface area (Å²) < 4.78 is 0.